The van der Waals surface area contributed by atoms with Gasteiger partial charge in [-0.15, -0.1) is 0 Å². The predicted octanol–water partition coefficient (Wildman–Crippen LogP) is 2.03. The van der Waals surface area contributed by atoms with Crippen LogP contribution in [0.3, 0.4) is 0 Å². The van der Waals surface area contributed by atoms with Crippen LogP contribution in [-0.2, 0) is 20.9 Å². The number of rotatable bonds is 10. The number of anilines is 2. The topological polar surface area (TPSA) is 127 Å². The average Bonchev–Trinajstić information content (AvgIpc) is 3.34. The lowest BCUT2D eigenvalue weighted by molar-refractivity contribution is -0.149. The molecule has 9 heteroatoms. The summed E-state index contributed by atoms with van der Waals surface area (Å²) in [7, 11) is 0. The third-order valence-electron chi connectivity index (χ3n) is 6.64. The summed E-state index contributed by atoms with van der Waals surface area (Å²) in [5, 5.41) is 0. The standard InChI is InChI=1S/C22H34N4O5/c1-3-5-9-25(19-20(23)26(8-4-2)22(30)24-21(19)29)17(27)13-31-18(28)12-16-11-14-6-7-15(16)10-14/h14-16H,3-13,23H2,1-2H3,(H,24,29,30). The number of nitrogens with zero attached hydrogens (tertiary/aromatic N) is 2. The fourth-order valence-electron chi connectivity index (χ4n) is 5.08. The first-order chi connectivity index (χ1) is 14.8. The number of hydrogen-bond donors (Lipinski definition) is 2. The van der Waals surface area contributed by atoms with Crippen LogP contribution in [0.5, 0.6) is 0 Å². The third-order valence-corrected chi connectivity index (χ3v) is 6.64. The summed E-state index contributed by atoms with van der Waals surface area (Å²) in [5.74, 6) is 0.754. The molecule has 1 amide bonds. The summed E-state index contributed by atoms with van der Waals surface area (Å²) in [6, 6.07) is 0. The van der Waals surface area contributed by atoms with Crippen LogP contribution in [0.25, 0.3) is 0 Å². The van der Waals surface area contributed by atoms with Gasteiger partial charge < -0.3 is 15.4 Å². The lowest BCUT2D eigenvalue weighted by Crippen LogP contribution is -2.43. The SMILES string of the molecule is CCCCN(C(=O)COC(=O)CC1CC2CCC1C2)c1c(N)n(CCC)c(=O)[nH]c1=O. The molecule has 3 atom stereocenters. The Morgan fingerprint density at radius 3 is 2.58 bits per heavy atom. The number of fused-ring (bicyclic) bond motifs is 2. The van der Waals surface area contributed by atoms with Crippen molar-refractivity contribution in [3.63, 3.8) is 0 Å². The van der Waals surface area contributed by atoms with Gasteiger partial charge in [-0.3, -0.25) is 23.9 Å². The Morgan fingerprint density at radius 2 is 1.97 bits per heavy atom. The van der Waals surface area contributed by atoms with E-state index in [-0.39, 0.29) is 24.0 Å². The molecule has 31 heavy (non-hydrogen) atoms. The van der Waals surface area contributed by atoms with Gasteiger partial charge in [-0.1, -0.05) is 26.7 Å². The Hall–Kier alpha value is -2.58. The van der Waals surface area contributed by atoms with Crippen molar-refractivity contribution in [3.05, 3.63) is 20.8 Å². The summed E-state index contributed by atoms with van der Waals surface area (Å²) in [4.78, 5) is 53.4. The van der Waals surface area contributed by atoms with E-state index < -0.39 is 23.8 Å². The zero-order valence-corrected chi connectivity index (χ0v) is 18.5. The lowest BCUT2D eigenvalue weighted by atomic mass is 9.86. The van der Waals surface area contributed by atoms with E-state index in [1.807, 2.05) is 13.8 Å². The maximum absolute atomic E-state index is 12.9. The van der Waals surface area contributed by atoms with Crippen LogP contribution >= 0.6 is 0 Å². The highest BCUT2D eigenvalue weighted by Crippen LogP contribution is 2.49. The second-order valence-electron chi connectivity index (χ2n) is 8.84. The van der Waals surface area contributed by atoms with Gasteiger partial charge in [0.25, 0.3) is 11.5 Å². The van der Waals surface area contributed by atoms with Gasteiger partial charge in [-0.25, -0.2) is 4.79 Å². The fraction of sp³-hybridized carbons (Fsp3) is 0.727. The van der Waals surface area contributed by atoms with Gasteiger partial charge in [0.05, 0.1) is 0 Å². The first kappa shape index (κ1) is 23.1. The van der Waals surface area contributed by atoms with E-state index in [1.54, 1.807) is 0 Å². The summed E-state index contributed by atoms with van der Waals surface area (Å²) >= 11 is 0. The number of amides is 1. The molecule has 172 valence electrons. The minimum absolute atomic E-state index is 0.0478. The highest BCUT2D eigenvalue weighted by molar-refractivity contribution is 5.97. The quantitative estimate of drug-likeness (QED) is 0.543. The number of nitrogen functional groups attached to an aromatic ring is 1. The van der Waals surface area contributed by atoms with E-state index in [2.05, 4.69) is 4.98 Å². The second kappa shape index (κ2) is 10.2. The number of esters is 1. The summed E-state index contributed by atoms with van der Waals surface area (Å²) < 4.78 is 6.54. The van der Waals surface area contributed by atoms with Crippen molar-refractivity contribution >= 4 is 23.4 Å². The van der Waals surface area contributed by atoms with Crippen LogP contribution < -0.4 is 21.9 Å². The molecule has 3 N–H and O–H groups in total. The van der Waals surface area contributed by atoms with Crippen molar-refractivity contribution in [3.8, 4) is 0 Å². The van der Waals surface area contributed by atoms with Crippen molar-refractivity contribution in [1.82, 2.24) is 9.55 Å². The van der Waals surface area contributed by atoms with Crippen LogP contribution in [0.4, 0.5) is 11.5 Å². The molecule has 2 saturated carbocycles. The molecule has 2 fully saturated rings. The molecule has 1 heterocycles. The number of H-pyrrole nitrogens is 1. The van der Waals surface area contributed by atoms with E-state index in [0.29, 0.717) is 37.6 Å². The third kappa shape index (κ3) is 5.19. The number of unbranched alkanes of at least 4 members (excludes halogenated alkanes) is 1. The smallest absolute Gasteiger partial charge is 0.330 e. The Morgan fingerprint density at radius 1 is 1.19 bits per heavy atom. The van der Waals surface area contributed by atoms with E-state index >= 15 is 0 Å². The molecule has 2 aliphatic rings. The van der Waals surface area contributed by atoms with Gasteiger partial charge in [0.15, 0.2) is 12.3 Å². The number of ether oxygens (including phenoxy) is 1. The minimum Gasteiger partial charge on any atom is -0.456 e. The molecule has 3 unspecified atom stereocenters. The molecule has 1 aromatic heterocycles. The van der Waals surface area contributed by atoms with Gasteiger partial charge in [-0.05, 0) is 49.9 Å². The molecule has 0 spiro atoms. The van der Waals surface area contributed by atoms with Crippen molar-refractivity contribution in [1.29, 1.82) is 0 Å². The molecule has 2 aliphatic carbocycles. The average molecular weight is 435 g/mol. The normalized spacial score (nSPS) is 21.9. The van der Waals surface area contributed by atoms with Crippen LogP contribution in [0.2, 0.25) is 0 Å². The molecule has 2 bridgehead atoms. The van der Waals surface area contributed by atoms with E-state index in [1.165, 1.54) is 28.7 Å². The summed E-state index contributed by atoms with van der Waals surface area (Å²) in [5.41, 5.74) is 4.74. The van der Waals surface area contributed by atoms with Crippen molar-refractivity contribution in [2.24, 2.45) is 17.8 Å². The molecule has 0 aliphatic heterocycles. The first-order valence-corrected chi connectivity index (χ1v) is 11.4. The van der Waals surface area contributed by atoms with Crippen LogP contribution in [0.1, 0.15) is 65.2 Å². The molecule has 0 aromatic carbocycles. The van der Waals surface area contributed by atoms with E-state index in [9.17, 15) is 19.2 Å². The summed E-state index contributed by atoms with van der Waals surface area (Å²) in [6.45, 7) is 3.96. The number of carbonyl (C=O) groups is 2. The maximum atomic E-state index is 12.9. The Bertz CT molecular complexity index is 921. The fourth-order valence-corrected chi connectivity index (χ4v) is 5.08. The molecule has 3 rings (SSSR count). The number of nitrogens with one attached hydrogen (secondary N) is 1. The van der Waals surface area contributed by atoms with E-state index in [0.717, 1.165) is 18.8 Å². The monoisotopic (exact) mass is 434 g/mol. The number of hydrogen-bond acceptors (Lipinski definition) is 6. The summed E-state index contributed by atoms with van der Waals surface area (Å²) in [6.07, 6.45) is 7.13. The highest BCUT2D eigenvalue weighted by Gasteiger charge is 2.40. The molecular weight excluding hydrogens is 400 g/mol. The van der Waals surface area contributed by atoms with Gasteiger partial charge in [0.1, 0.15) is 5.82 Å². The van der Waals surface area contributed by atoms with Gasteiger partial charge in [0.2, 0.25) is 0 Å². The van der Waals surface area contributed by atoms with Gasteiger partial charge in [0, 0.05) is 19.5 Å². The maximum Gasteiger partial charge on any atom is 0.330 e. The van der Waals surface area contributed by atoms with Crippen molar-refractivity contribution < 1.29 is 14.3 Å². The lowest BCUT2D eigenvalue weighted by Gasteiger charge is -2.24. The number of carbonyl (C=O) groups excluding carboxylic acids is 2. The minimum atomic E-state index is -0.715. The Labute approximate surface area is 181 Å². The largest absolute Gasteiger partial charge is 0.456 e. The van der Waals surface area contributed by atoms with Crippen LogP contribution in [0, 0.1) is 17.8 Å². The first-order valence-electron chi connectivity index (χ1n) is 11.4. The molecule has 9 nitrogen and oxygen atoms in total. The molecule has 1 aromatic rings. The zero-order chi connectivity index (χ0) is 22.5. The molecule has 0 radical (unpaired) electrons. The number of aromatic amines is 1. The Kier molecular flexibility index (Phi) is 7.56. The molecule has 0 saturated heterocycles. The second-order valence-corrected chi connectivity index (χ2v) is 8.84. The van der Waals surface area contributed by atoms with E-state index in [4.69, 9.17) is 10.5 Å². The van der Waals surface area contributed by atoms with Crippen LogP contribution in [-0.4, -0.2) is 34.6 Å². The molecular formula is C22H34N4O5. The zero-order valence-electron chi connectivity index (χ0n) is 18.5. The Balaban J connectivity index is 1.71. The number of aromatic nitrogens is 2. The van der Waals surface area contributed by atoms with Crippen molar-refractivity contribution in [2.75, 3.05) is 23.8 Å². The van der Waals surface area contributed by atoms with Crippen molar-refractivity contribution in [2.45, 2.75) is 71.8 Å². The van der Waals surface area contributed by atoms with Gasteiger partial charge in [-0.2, -0.15) is 0 Å². The van der Waals surface area contributed by atoms with Gasteiger partial charge >= 0.3 is 11.7 Å². The predicted molar refractivity (Wildman–Crippen MR) is 118 cm³/mol. The highest BCUT2D eigenvalue weighted by atomic mass is 16.5. The number of nitrogens with two attached hydrogens (primary N) is 1. The van der Waals surface area contributed by atoms with Crippen LogP contribution in [0.15, 0.2) is 9.59 Å².